The predicted octanol–water partition coefficient (Wildman–Crippen LogP) is 15.7. The molecule has 0 radical (unpaired) electrons. The van der Waals surface area contributed by atoms with Crippen molar-refractivity contribution in [2.24, 2.45) is 0 Å². The third-order valence-electron chi connectivity index (χ3n) is 12.5. The first-order valence-electron chi connectivity index (χ1n) is 21.3. The van der Waals surface area contributed by atoms with Gasteiger partial charge in [0.05, 0.1) is 33.5 Å². The Morgan fingerprint density at radius 3 is 1.60 bits per heavy atom. The largest absolute Gasteiger partial charge is 0.309 e. The van der Waals surface area contributed by atoms with Crippen molar-refractivity contribution in [3.8, 4) is 56.4 Å². The van der Waals surface area contributed by atoms with E-state index in [0.29, 0.717) is 5.82 Å². The van der Waals surface area contributed by atoms with Gasteiger partial charge in [-0.1, -0.05) is 140 Å². The SMILES string of the molecule is c1ccc(-c2nc(-c3cc(-c4ccc5c(c4)c4ccccc4n5-c4ccccc4)cc(-n4c5ccccc5c5ccccc54)c3)cc(-c3cccc4sc5ccccc5c34)n2)cc1. The molecule has 4 aromatic heterocycles. The topological polar surface area (TPSA) is 35.6 Å². The molecule has 4 nitrogen and oxygen atoms in total. The number of nitrogens with zero attached hydrogens (tertiary/aromatic N) is 4. The lowest BCUT2D eigenvalue weighted by molar-refractivity contribution is 1.17. The fraction of sp³-hybridized carbons (Fsp3) is 0. The summed E-state index contributed by atoms with van der Waals surface area (Å²) >= 11 is 1.83. The summed E-state index contributed by atoms with van der Waals surface area (Å²) in [5.74, 6) is 0.693. The van der Waals surface area contributed by atoms with E-state index in [2.05, 4.69) is 221 Å². The molecule has 0 N–H and O–H groups in total. The molecule has 9 aromatic carbocycles. The highest BCUT2D eigenvalue weighted by molar-refractivity contribution is 7.25. The summed E-state index contributed by atoms with van der Waals surface area (Å²) in [6.45, 7) is 0. The molecule has 0 amide bonds. The van der Waals surface area contributed by atoms with Crippen LogP contribution in [0.2, 0.25) is 0 Å². The van der Waals surface area contributed by atoms with Gasteiger partial charge in [0.25, 0.3) is 0 Å². The Balaban J connectivity index is 1.09. The minimum Gasteiger partial charge on any atom is -0.309 e. The first-order valence-corrected chi connectivity index (χ1v) is 22.1. The van der Waals surface area contributed by atoms with Crippen molar-refractivity contribution in [2.45, 2.75) is 0 Å². The van der Waals surface area contributed by atoms with E-state index >= 15 is 0 Å². The Labute approximate surface area is 367 Å². The highest BCUT2D eigenvalue weighted by atomic mass is 32.1. The molecule has 0 spiro atoms. The maximum atomic E-state index is 5.42. The molecule has 4 heterocycles. The van der Waals surface area contributed by atoms with Crippen LogP contribution in [0.1, 0.15) is 0 Å². The van der Waals surface area contributed by atoms with Crippen LogP contribution in [0.3, 0.4) is 0 Å². The molecule has 0 unspecified atom stereocenters. The number of fused-ring (bicyclic) bond motifs is 9. The Morgan fingerprint density at radius 1 is 0.317 bits per heavy atom. The van der Waals surface area contributed by atoms with Crippen LogP contribution in [0, 0.1) is 0 Å². The molecule has 0 aliphatic heterocycles. The van der Waals surface area contributed by atoms with Crippen molar-refractivity contribution in [1.29, 1.82) is 0 Å². The molecule has 0 bridgehead atoms. The molecular weight excluding hydrogens is 785 g/mol. The molecule has 0 saturated carbocycles. The molecule has 0 aliphatic rings. The molecule has 0 atom stereocenters. The van der Waals surface area contributed by atoms with Gasteiger partial charge in [-0.2, -0.15) is 0 Å². The lowest BCUT2D eigenvalue weighted by Crippen LogP contribution is -1.99. The van der Waals surface area contributed by atoms with Crippen LogP contribution in [0.5, 0.6) is 0 Å². The third-order valence-corrected chi connectivity index (χ3v) is 13.6. The molecular formula is C58H36N4S. The first kappa shape index (κ1) is 35.6. The number of benzene rings is 9. The maximum Gasteiger partial charge on any atom is 0.160 e. The number of para-hydroxylation sites is 4. The molecule has 294 valence electrons. The average Bonchev–Trinajstić information content (AvgIpc) is 4.02. The fourth-order valence-corrected chi connectivity index (χ4v) is 10.8. The molecule has 0 fully saturated rings. The van der Waals surface area contributed by atoms with Gasteiger partial charge in [-0.05, 0) is 90.0 Å². The number of aromatic nitrogens is 4. The Hall–Kier alpha value is -8.12. The van der Waals surface area contributed by atoms with Gasteiger partial charge >= 0.3 is 0 Å². The van der Waals surface area contributed by atoms with Crippen LogP contribution in [0.25, 0.3) is 120 Å². The van der Waals surface area contributed by atoms with E-state index in [1.165, 1.54) is 52.8 Å². The number of thiophene rings is 1. The zero-order valence-corrected chi connectivity index (χ0v) is 34.8. The molecule has 0 saturated heterocycles. The smallest absolute Gasteiger partial charge is 0.160 e. The second-order valence-electron chi connectivity index (χ2n) is 16.2. The summed E-state index contributed by atoms with van der Waals surface area (Å²) in [6, 6.07) is 78.6. The standard InChI is InChI=1S/C58H36N4S/c1-3-16-37(17-4-1)58-59-49(36-50(60-58)46-24-15-29-56-57(46)47-23-10-14-28-55(47)63-56)40-32-39(33-42(34-40)62-51-25-11-7-20-43(51)44-21-8-12-26-52(44)62)38-30-31-54-48(35-38)45-22-9-13-27-53(45)61(54)41-18-5-2-6-19-41/h1-36H. The average molecular weight is 821 g/mol. The highest BCUT2D eigenvalue weighted by Crippen LogP contribution is 2.42. The van der Waals surface area contributed by atoms with Crippen LogP contribution in [0.4, 0.5) is 0 Å². The second-order valence-corrected chi connectivity index (χ2v) is 17.2. The molecule has 5 heteroatoms. The van der Waals surface area contributed by atoms with E-state index in [-0.39, 0.29) is 0 Å². The lowest BCUT2D eigenvalue weighted by Gasteiger charge is -2.15. The summed E-state index contributed by atoms with van der Waals surface area (Å²) in [4.78, 5) is 10.8. The Morgan fingerprint density at radius 2 is 0.873 bits per heavy atom. The van der Waals surface area contributed by atoms with Gasteiger partial charge in [-0.3, -0.25) is 0 Å². The summed E-state index contributed by atoms with van der Waals surface area (Å²) in [7, 11) is 0. The van der Waals surface area contributed by atoms with E-state index in [1.54, 1.807) is 0 Å². The van der Waals surface area contributed by atoms with E-state index in [1.807, 2.05) is 17.4 Å². The summed E-state index contributed by atoms with van der Waals surface area (Å²) in [5, 5.41) is 7.35. The monoisotopic (exact) mass is 820 g/mol. The Bertz CT molecular complexity index is 3860. The zero-order chi connectivity index (χ0) is 41.4. The van der Waals surface area contributed by atoms with Crippen molar-refractivity contribution >= 4 is 75.1 Å². The number of hydrogen-bond donors (Lipinski definition) is 0. The third kappa shape index (κ3) is 5.74. The van der Waals surface area contributed by atoms with Crippen LogP contribution in [0.15, 0.2) is 218 Å². The van der Waals surface area contributed by atoms with Gasteiger partial charge in [0.1, 0.15) is 0 Å². The van der Waals surface area contributed by atoms with Gasteiger partial charge in [-0.15, -0.1) is 11.3 Å². The zero-order valence-electron chi connectivity index (χ0n) is 34.0. The summed E-state index contributed by atoms with van der Waals surface area (Å²) in [5.41, 5.74) is 14.0. The van der Waals surface area contributed by atoms with Crippen LogP contribution in [-0.2, 0) is 0 Å². The van der Waals surface area contributed by atoms with Gasteiger partial charge in [0.2, 0.25) is 0 Å². The van der Waals surface area contributed by atoms with Crippen LogP contribution >= 0.6 is 11.3 Å². The van der Waals surface area contributed by atoms with Crippen molar-refractivity contribution in [3.05, 3.63) is 218 Å². The molecule has 0 aliphatic carbocycles. The minimum absolute atomic E-state index is 0.693. The normalized spacial score (nSPS) is 11.8. The van der Waals surface area contributed by atoms with E-state index in [9.17, 15) is 0 Å². The van der Waals surface area contributed by atoms with E-state index in [0.717, 1.165) is 61.6 Å². The van der Waals surface area contributed by atoms with Crippen molar-refractivity contribution in [1.82, 2.24) is 19.1 Å². The van der Waals surface area contributed by atoms with Crippen LogP contribution in [-0.4, -0.2) is 19.1 Å². The minimum atomic E-state index is 0.693. The Kier molecular flexibility index (Phi) is 8.05. The predicted molar refractivity (Wildman–Crippen MR) is 265 cm³/mol. The first-order chi connectivity index (χ1) is 31.2. The summed E-state index contributed by atoms with van der Waals surface area (Å²) < 4.78 is 7.30. The highest BCUT2D eigenvalue weighted by Gasteiger charge is 2.20. The van der Waals surface area contributed by atoms with Crippen molar-refractivity contribution < 1.29 is 0 Å². The van der Waals surface area contributed by atoms with Crippen molar-refractivity contribution in [2.75, 3.05) is 0 Å². The van der Waals surface area contributed by atoms with Gasteiger partial charge in [-0.25, -0.2) is 9.97 Å². The van der Waals surface area contributed by atoms with Crippen molar-refractivity contribution in [3.63, 3.8) is 0 Å². The van der Waals surface area contributed by atoms with E-state index < -0.39 is 0 Å². The number of rotatable bonds is 6. The lowest BCUT2D eigenvalue weighted by atomic mass is 9.97. The molecule has 63 heavy (non-hydrogen) atoms. The quantitative estimate of drug-likeness (QED) is 0.167. The maximum absolute atomic E-state index is 5.42. The van der Waals surface area contributed by atoms with Gasteiger partial charge < -0.3 is 9.13 Å². The molecule has 13 aromatic rings. The van der Waals surface area contributed by atoms with Gasteiger partial charge in [0.15, 0.2) is 5.82 Å². The number of hydrogen-bond acceptors (Lipinski definition) is 3. The summed E-state index contributed by atoms with van der Waals surface area (Å²) in [6.07, 6.45) is 0. The molecule has 13 rings (SSSR count). The van der Waals surface area contributed by atoms with Crippen LogP contribution < -0.4 is 0 Å². The fourth-order valence-electron chi connectivity index (χ4n) is 9.70. The second kappa shape index (κ2) is 14.2. The van der Waals surface area contributed by atoms with Gasteiger partial charge in [0, 0.05) is 69.8 Å². The van der Waals surface area contributed by atoms with E-state index in [4.69, 9.17) is 9.97 Å².